The summed E-state index contributed by atoms with van der Waals surface area (Å²) < 4.78 is 30.1. The number of fused-ring (bicyclic) bond motifs is 4. The third-order valence-corrected chi connectivity index (χ3v) is 27.3. The van der Waals surface area contributed by atoms with Crippen LogP contribution in [0.4, 0.5) is 33.4 Å². The number of rotatable bonds is 25. The summed E-state index contributed by atoms with van der Waals surface area (Å²) in [6, 6.07) is -0.00549. The molecule has 4 fully saturated rings. The van der Waals surface area contributed by atoms with Gasteiger partial charge >= 0.3 is 12.1 Å². The number of carbonyl (C=O) groups excluding carboxylic acids is 2. The van der Waals surface area contributed by atoms with Gasteiger partial charge in [0.2, 0.25) is 23.8 Å². The number of halogens is 4. The summed E-state index contributed by atoms with van der Waals surface area (Å²) in [5.41, 5.74) is 40.7. The molecular formula is C103H132Cl4N30O6. The van der Waals surface area contributed by atoms with E-state index in [1.165, 1.54) is 0 Å². The average molecular weight is 2030 g/mol. The molecule has 0 saturated carbocycles. The lowest BCUT2D eigenvalue weighted by Gasteiger charge is -2.34. The average Bonchev–Trinajstić information content (AvgIpc) is 1.63. The van der Waals surface area contributed by atoms with Gasteiger partial charge in [0.1, 0.15) is 66.2 Å². The van der Waals surface area contributed by atoms with Gasteiger partial charge in [-0.25, -0.2) is 29.5 Å². The molecule has 16 heterocycles. The van der Waals surface area contributed by atoms with Crippen molar-refractivity contribution >= 4 is 126 Å². The Morgan fingerprint density at radius 3 is 0.895 bits per heavy atom. The van der Waals surface area contributed by atoms with E-state index in [1.54, 1.807) is 41.7 Å². The minimum Gasteiger partial charge on any atom is -0.496 e. The van der Waals surface area contributed by atoms with Crippen LogP contribution in [0.2, 0.25) is 20.6 Å². The van der Waals surface area contributed by atoms with Crippen LogP contribution >= 0.6 is 46.4 Å². The molecule has 0 aliphatic carbocycles. The Labute approximate surface area is 857 Å². The number of anilines is 4. The van der Waals surface area contributed by atoms with E-state index in [1.807, 2.05) is 134 Å². The van der Waals surface area contributed by atoms with Crippen LogP contribution in [0.1, 0.15) is 148 Å². The summed E-state index contributed by atoms with van der Waals surface area (Å²) in [5.74, 6) is 30.1. The standard InChI is InChI=1S/C27H35ClN8O2.C26H34ClN7O.C25H31ClN8O2.C25H32ClN7O/c1-5-30-27(37)35-13-11-34(12-14-35)10-8-6-7-9-20-16-36(25-22(20)24(28)32-26(29)33-25)17-21-19(3)23(38-4)18(2)15-31-21;1-5-32-11-13-33(14-12-32)10-8-6-7-9-20-16-34(25-22(20)24(27)30-26(28)31-25)17-21-19(3)23(35-4)18(2)15-29-21;1-16-13-29-19(17(2)21(16)36-4)15-34-14-18(20-22(26)30-24(27)31-23(20)34)7-5-6-8-32-9-11-33(12-10-32)25(35)28-3;1-17-14-28-20(18(2)22(17)34-4)16-33-15-19(21-23(26)29-25(27)30-24(21)33)8-6-5-7-9-32-12-10-31(3)11-13-32/h15-16H,5-6,8,10-14,17H2,1-4H3,(H,30,37)(H2,29,32,33);15-16H,5-6,8,10-14,17H2,1-4H3,(H2,28,30,31);13-14H,6,8-12,15H2,1-4H3,(H,28,35)(H2,27,30,31);14-15H,5,7,9-13,16H2,1-4H3,(H2,27,29,30). The fraction of sp³-hybridized carbons (Fsp3) is 0.476. The number of ether oxygens (including phenoxy) is 4. The van der Waals surface area contributed by atoms with Crippen molar-refractivity contribution in [1.29, 1.82) is 0 Å². The molecule has 758 valence electrons. The van der Waals surface area contributed by atoms with E-state index in [4.69, 9.17) is 88.3 Å². The zero-order chi connectivity index (χ0) is 102. The Balaban J connectivity index is 0.000000160. The number of hydrogen-bond acceptors (Lipinski definition) is 28. The van der Waals surface area contributed by atoms with Crippen molar-refractivity contribution < 1.29 is 28.5 Å². The van der Waals surface area contributed by atoms with Crippen molar-refractivity contribution in [1.82, 2.24) is 128 Å². The second-order valence-corrected chi connectivity index (χ2v) is 37.3. The summed E-state index contributed by atoms with van der Waals surface area (Å²) in [5, 5.41) is 9.54. The Bertz CT molecular complexity index is 6800. The number of nitrogens with two attached hydrogens (primary N) is 4. The highest BCUT2D eigenvalue weighted by Gasteiger charge is 2.28. The monoisotopic (exact) mass is 2020 g/mol. The number of pyridine rings is 4. The van der Waals surface area contributed by atoms with E-state index >= 15 is 0 Å². The number of methoxy groups -OCH3 is 4. The number of carbonyl (C=O) groups is 2. The molecule has 143 heavy (non-hydrogen) atoms. The fourth-order valence-electron chi connectivity index (χ4n) is 18.3. The van der Waals surface area contributed by atoms with Crippen LogP contribution in [0.25, 0.3) is 44.1 Å². The van der Waals surface area contributed by atoms with Crippen molar-refractivity contribution in [3.63, 3.8) is 0 Å². The quantitative estimate of drug-likeness (QED) is 0.0176. The van der Waals surface area contributed by atoms with Crippen molar-refractivity contribution in [2.75, 3.05) is 209 Å². The fourth-order valence-corrected chi connectivity index (χ4v) is 19.3. The van der Waals surface area contributed by atoms with Crippen molar-refractivity contribution in [3.8, 4) is 70.4 Å². The van der Waals surface area contributed by atoms with Crippen molar-refractivity contribution in [3.05, 3.63) is 160 Å². The first kappa shape index (κ1) is 107. The van der Waals surface area contributed by atoms with E-state index in [9.17, 15) is 9.59 Å². The number of nitrogen functional groups attached to an aromatic ring is 4. The molecule has 40 heteroatoms. The second-order valence-electron chi connectivity index (χ2n) is 35.9. The third-order valence-electron chi connectivity index (χ3n) is 26.2. The molecule has 16 rings (SSSR count). The van der Waals surface area contributed by atoms with Gasteiger partial charge in [-0.15, -0.1) is 0 Å². The Morgan fingerprint density at radius 1 is 0.364 bits per heavy atom. The molecule has 12 aromatic heterocycles. The van der Waals surface area contributed by atoms with Gasteiger partial charge in [-0.2, -0.15) is 19.9 Å². The minimum atomic E-state index is -0.0277. The van der Waals surface area contributed by atoms with E-state index in [-0.39, 0.29) is 46.2 Å². The number of aromatic nitrogens is 16. The number of nitrogens with zero attached hydrogens (tertiary/aromatic N) is 24. The molecule has 0 atom stereocenters. The molecular weight excluding hydrogens is 1900 g/mol. The van der Waals surface area contributed by atoms with Crippen LogP contribution in [-0.2, 0) is 26.2 Å². The van der Waals surface area contributed by atoms with Gasteiger partial charge in [-0.1, -0.05) is 101 Å². The minimum absolute atomic E-state index is 0.0223. The first-order chi connectivity index (χ1) is 68.9. The molecule has 0 radical (unpaired) electrons. The van der Waals surface area contributed by atoms with E-state index in [0.29, 0.717) is 95.9 Å². The highest BCUT2D eigenvalue weighted by atomic mass is 35.5. The first-order valence-electron chi connectivity index (χ1n) is 48.4. The third kappa shape index (κ3) is 27.2. The lowest BCUT2D eigenvalue weighted by molar-refractivity contribution is 0.136. The largest absolute Gasteiger partial charge is 0.496 e. The van der Waals surface area contributed by atoms with Gasteiger partial charge in [0, 0.05) is 245 Å². The number of aryl methyl sites for hydroxylation is 4. The molecule has 4 aliphatic rings. The molecule has 4 saturated heterocycles. The van der Waals surface area contributed by atoms with Crippen LogP contribution in [0.5, 0.6) is 23.0 Å². The van der Waals surface area contributed by atoms with Gasteiger partial charge in [0.25, 0.3) is 0 Å². The lowest BCUT2D eigenvalue weighted by atomic mass is 10.1. The second kappa shape index (κ2) is 50.9. The maximum absolute atomic E-state index is 12.0. The highest BCUT2D eigenvalue weighted by molar-refractivity contribution is 6.36. The predicted octanol–water partition coefficient (Wildman–Crippen LogP) is 12.3. The zero-order valence-corrected chi connectivity index (χ0v) is 88.0. The van der Waals surface area contributed by atoms with Gasteiger partial charge in [0.05, 0.1) is 121 Å². The molecule has 4 aliphatic heterocycles. The normalized spacial score (nSPS) is 14.3. The molecule has 4 amide bonds. The van der Waals surface area contributed by atoms with E-state index < -0.39 is 0 Å². The number of piperazine rings is 4. The van der Waals surface area contributed by atoms with E-state index in [2.05, 4.69) is 161 Å². The van der Waals surface area contributed by atoms with Crippen LogP contribution in [0, 0.1) is 103 Å². The molecule has 0 unspecified atom stereocenters. The molecule has 0 spiro atoms. The molecule has 12 aromatic rings. The predicted molar refractivity (Wildman–Crippen MR) is 567 cm³/mol. The van der Waals surface area contributed by atoms with Crippen LogP contribution in [-0.4, -0.2) is 316 Å². The SMILES string of the molecule is CCN1CCN(CCCC#Cc2cn(Cc3ncc(C)c(OC)c3C)c3nc(N)nc(Cl)c23)CC1.CCNC(=O)N1CCN(CCCC#Cc2cn(Cc3ncc(C)c(OC)c3C)c3nc(N)nc(Cl)c23)CC1.CNC(=O)N1CCN(CCC#Cc2cn(Cc3ncc(C)c(OC)c3C)c3nc(N)nc(Cl)c23)CC1.COc1c(C)cnc(Cn2cc(C#CCCCN3CCN(C)CC3)c3c(Cl)nc(N)nc32)c1C. The number of unbranched alkanes of at least 4 members (excludes halogenated alkanes) is 3. The number of urea groups is 2. The number of nitrogens with one attached hydrogen (secondary N) is 2. The summed E-state index contributed by atoms with van der Waals surface area (Å²) in [6.07, 6.45) is 21.2. The Hall–Kier alpha value is -12.8. The lowest BCUT2D eigenvalue weighted by Crippen LogP contribution is -2.51. The van der Waals surface area contributed by atoms with Gasteiger partial charge in [0.15, 0.2) is 0 Å². The van der Waals surface area contributed by atoms with Crippen LogP contribution in [0.3, 0.4) is 0 Å². The number of amides is 4. The van der Waals surface area contributed by atoms with Crippen molar-refractivity contribution in [2.24, 2.45) is 0 Å². The summed E-state index contributed by atoms with van der Waals surface area (Å²) in [6.45, 7) is 43.2. The van der Waals surface area contributed by atoms with Gasteiger partial charge in [-0.3, -0.25) is 29.7 Å². The molecule has 36 nitrogen and oxygen atoms in total. The smallest absolute Gasteiger partial charge is 0.317 e. The summed E-state index contributed by atoms with van der Waals surface area (Å²) in [4.78, 5) is 95.0. The molecule has 0 bridgehead atoms. The first-order valence-corrected chi connectivity index (χ1v) is 49.9. The van der Waals surface area contributed by atoms with Crippen molar-refractivity contribution in [2.45, 2.75) is 140 Å². The van der Waals surface area contributed by atoms with Crippen LogP contribution in [0.15, 0.2) is 49.6 Å². The Morgan fingerprint density at radius 2 is 0.622 bits per heavy atom. The zero-order valence-electron chi connectivity index (χ0n) is 85.0. The topological polar surface area (TPSA) is 400 Å². The summed E-state index contributed by atoms with van der Waals surface area (Å²) >= 11 is 25.9. The highest BCUT2D eigenvalue weighted by Crippen LogP contribution is 2.36. The maximum atomic E-state index is 12.0. The summed E-state index contributed by atoms with van der Waals surface area (Å²) in [7, 11) is 10.5. The van der Waals surface area contributed by atoms with Gasteiger partial charge in [-0.05, 0) is 115 Å². The number of likely N-dealkylation sites (N-methyl/N-ethyl adjacent to an activating group) is 2. The van der Waals surface area contributed by atoms with Gasteiger partial charge < -0.3 is 100 Å². The maximum Gasteiger partial charge on any atom is 0.317 e. The molecule has 0 aromatic carbocycles. The Kier molecular flexibility index (Phi) is 38.3. The van der Waals surface area contributed by atoms with E-state index in [0.717, 1.165) is 286 Å². The molecule has 10 N–H and O–H groups in total. The van der Waals surface area contributed by atoms with Crippen LogP contribution < -0.4 is 52.5 Å². The number of hydrogen-bond donors (Lipinski definition) is 6.